The molecule has 140 valence electrons. The van der Waals surface area contributed by atoms with Gasteiger partial charge < -0.3 is 14.5 Å². The number of aromatic nitrogens is 2. The molecule has 0 aliphatic carbocycles. The van der Waals surface area contributed by atoms with Crippen molar-refractivity contribution in [2.24, 2.45) is 0 Å². The standard InChI is InChI=1S/C20H13Cl2N3O3/c21-13-4-6-14(7-5-13)27-11-18(26)24-16-10-12(3-8-15(16)22)20-25-19-17(28-20)2-1-9-23-19/h1-10H,11H2,(H,24,26). The zero-order valence-electron chi connectivity index (χ0n) is 14.4. The van der Waals surface area contributed by atoms with E-state index >= 15 is 0 Å². The minimum atomic E-state index is -0.353. The molecule has 0 bridgehead atoms. The molecule has 28 heavy (non-hydrogen) atoms. The molecular formula is C20H13Cl2N3O3. The first-order chi connectivity index (χ1) is 13.6. The molecule has 0 saturated carbocycles. The van der Waals surface area contributed by atoms with Crippen molar-refractivity contribution in [2.45, 2.75) is 0 Å². The normalized spacial score (nSPS) is 10.8. The number of rotatable bonds is 5. The van der Waals surface area contributed by atoms with Crippen molar-refractivity contribution in [1.82, 2.24) is 9.97 Å². The van der Waals surface area contributed by atoms with Crippen molar-refractivity contribution in [3.63, 3.8) is 0 Å². The Morgan fingerprint density at radius 2 is 1.93 bits per heavy atom. The molecule has 6 nitrogen and oxygen atoms in total. The Bertz CT molecular complexity index is 1110. The summed E-state index contributed by atoms with van der Waals surface area (Å²) < 4.78 is 11.1. The van der Waals surface area contributed by atoms with Gasteiger partial charge in [0.25, 0.3) is 5.91 Å². The lowest BCUT2D eigenvalue weighted by molar-refractivity contribution is -0.118. The summed E-state index contributed by atoms with van der Waals surface area (Å²) in [5.74, 6) is 0.574. The van der Waals surface area contributed by atoms with Crippen LogP contribution in [0.1, 0.15) is 0 Å². The van der Waals surface area contributed by atoms with Crippen LogP contribution in [0.25, 0.3) is 22.7 Å². The van der Waals surface area contributed by atoms with Crippen LogP contribution in [0.3, 0.4) is 0 Å². The van der Waals surface area contributed by atoms with Crippen molar-refractivity contribution in [3.8, 4) is 17.2 Å². The van der Waals surface area contributed by atoms with Gasteiger partial charge in [0.1, 0.15) is 5.75 Å². The molecule has 0 aliphatic rings. The Labute approximate surface area is 170 Å². The van der Waals surface area contributed by atoms with Crippen LogP contribution in [0, 0.1) is 0 Å². The summed E-state index contributed by atoms with van der Waals surface area (Å²) in [5, 5.41) is 3.71. The summed E-state index contributed by atoms with van der Waals surface area (Å²) in [6.45, 7) is -0.172. The fraction of sp³-hybridized carbons (Fsp3) is 0.0500. The van der Waals surface area contributed by atoms with Gasteiger partial charge in [-0.1, -0.05) is 23.2 Å². The molecular weight excluding hydrogens is 401 g/mol. The van der Waals surface area contributed by atoms with E-state index in [4.69, 9.17) is 32.4 Å². The largest absolute Gasteiger partial charge is 0.484 e. The summed E-state index contributed by atoms with van der Waals surface area (Å²) >= 11 is 12.0. The predicted octanol–water partition coefficient (Wildman–Crippen LogP) is 5.21. The van der Waals surface area contributed by atoms with E-state index in [1.54, 1.807) is 60.8 Å². The lowest BCUT2D eigenvalue weighted by Gasteiger charge is -2.10. The minimum absolute atomic E-state index is 0.172. The number of carbonyl (C=O) groups is 1. The van der Waals surface area contributed by atoms with Crippen LogP contribution in [0.4, 0.5) is 5.69 Å². The fourth-order valence-corrected chi connectivity index (χ4v) is 2.80. The summed E-state index contributed by atoms with van der Waals surface area (Å²) in [6.07, 6.45) is 1.64. The molecule has 1 amide bonds. The molecule has 0 unspecified atom stereocenters. The number of fused-ring (bicyclic) bond motifs is 1. The van der Waals surface area contributed by atoms with Crippen molar-refractivity contribution >= 4 is 46.0 Å². The van der Waals surface area contributed by atoms with Crippen LogP contribution >= 0.6 is 23.2 Å². The first-order valence-electron chi connectivity index (χ1n) is 8.28. The highest BCUT2D eigenvalue weighted by molar-refractivity contribution is 6.33. The van der Waals surface area contributed by atoms with Crippen molar-refractivity contribution < 1.29 is 13.9 Å². The average molecular weight is 414 g/mol. The Morgan fingerprint density at radius 1 is 1.11 bits per heavy atom. The third-order valence-corrected chi connectivity index (χ3v) is 4.42. The third-order valence-electron chi connectivity index (χ3n) is 3.84. The number of pyridine rings is 1. The maximum absolute atomic E-state index is 12.2. The SMILES string of the molecule is O=C(COc1ccc(Cl)cc1)Nc1cc(-c2nc3ncccc3o2)ccc1Cl. The van der Waals surface area contributed by atoms with Gasteiger partial charge in [-0.05, 0) is 54.6 Å². The number of hydrogen-bond donors (Lipinski definition) is 1. The molecule has 1 N–H and O–H groups in total. The first-order valence-corrected chi connectivity index (χ1v) is 9.04. The maximum atomic E-state index is 12.2. The van der Waals surface area contributed by atoms with Gasteiger partial charge in [0.15, 0.2) is 17.8 Å². The monoisotopic (exact) mass is 413 g/mol. The molecule has 4 rings (SSSR count). The van der Waals surface area contributed by atoms with Gasteiger partial charge in [-0.25, -0.2) is 4.98 Å². The van der Waals surface area contributed by atoms with Gasteiger partial charge in [-0.15, -0.1) is 0 Å². The molecule has 2 aromatic heterocycles. The Hall–Kier alpha value is -3.09. The van der Waals surface area contributed by atoms with E-state index in [0.29, 0.717) is 44.2 Å². The van der Waals surface area contributed by atoms with E-state index in [1.807, 2.05) is 0 Å². The van der Waals surface area contributed by atoms with Gasteiger partial charge >= 0.3 is 0 Å². The topological polar surface area (TPSA) is 77.2 Å². The molecule has 0 fully saturated rings. The number of benzene rings is 2. The van der Waals surface area contributed by atoms with E-state index in [2.05, 4.69) is 15.3 Å². The highest BCUT2D eigenvalue weighted by atomic mass is 35.5. The van der Waals surface area contributed by atoms with Crippen molar-refractivity contribution in [3.05, 3.63) is 70.8 Å². The summed E-state index contributed by atoms with van der Waals surface area (Å²) in [4.78, 5) is 20.7. The van der Waals surface area contributed by atoms with E-state index in [9.17, 15) is 4.79 Å². The van der Waals surface area contributed by atoms with Gasteiger partial charge in [0, 0.05) is 16.8 Å². The van der Waals surface area contributed by atoms with Gasteiger partial charge in [0.2, 0.25) is 5.89 Å². The molecule has 8 heteroatoms. The maximum Gasteiger partial charge on any atom is 0.262 e. The van der Waals surface area contributed by atoms with Crippen molar-refractivity contribution in [1.29, 1.82) is 0 Å². The number of carbonyl (C=O) groups excluding carboxylic acids is 1. The molecule has 2 aromatic carbocycles. The minimum Gasteiger partial charge on any atom is -0.484 e. The van der Waals surface area contributed by atoms with Gasteiger partial charge in [-0.3, -0.25) is 4.79 Å². The summed E-state index contributed by atoms with van der Waals surface area (Å²) in [5.41, 5.74) is 2.18. The molecule has 2 heterocycles. The lowest BCUT2D eigenvalue weighted by Crippen LogP contribution is -2.20. The number of nitrogens with zero attached hydrogens (tertiary/aromatic N) is 2. The Balaban J connectivity index is 1.49. The van der Waals surface area contributed by atoms with Gasteiger partial charge in [0.05, 0.1) is 10.7 Å². The van der Waals surface area contributed by atoms with E-state index in [1.165, 1.54) is 0 Å². The number of oxazole rings is 1. The van der Waals surface area contributed by atoms with Gasteiger partial charge in [-0.2, -0.15) is 4.98 Å². The second-order valence-corrected chi connectivity index (χ2v) is 6.67. The number of anilines is 1. The quantitative estimate of drug-likeness (QED) is 0.485. The third kappa shape index (κ3) is 4.08. The molecule has 4 aromatic rings. The zero-order chi connectivity index (χ0) is 19.5. The highest BCUT2D eigenvalue weighted by Crippen LogP contribution is 2.30. The smallest absolute Gasteiger partial charge is 0.262 e. The van der Waals surface area contributed by atoms with E-state index < -0.39 is 0 Å². The van der Waals surface area contributed by atoms with Crippen LogP contribution in [0.15, 0.2) is 65.2 Å². The number of hydrogen-bond acceptors (Lipinski definition) is 5. The highest BCUT2D eigenvalue weighted by Gasteiger charge is 2.13. The molecule has 0 spiro atoms. The summed E-state index contributed by atoms with van der Waals surface area (Å²) in [7, 11) is 0. The van der Waals surface area contributed by atoms with Crippen LogP contribution in [-0.4, -0.2) is 22.5 Å². The van der Waals surface area contributed by atoms with Crippen LogP contribution in [0.2, 0.25) is 10.0 Å². The number of nitrogens with one attached hydrogen (secondary N) is 1. The molecule has 0 aliphatic heterocycles. The predicted molar refractivity (Wildman–Crippen MR) is 108 cm³/mol. The number of amides is 1. The van der Waals surface area contributed by atoms with E-state index in [0.717, 1.165) is 0 Å². The van der Waals surface area contributed by atoms with E-state index in [-0.39, 0.29) is 12.5 Å². The van der Waals surface area contributed by atoms with Crippen LogP contribution < -0.4 is 10.1 Å². The summed E-state index contributed by atoms with van der Waals surface area (Å²) in [6, 6.07) is 15.4. The Kier molecular flexibility index (Phi) is 5.14. The zero-order valence-corrected chi connectivity index (χ0v) is 15.9. The molecule has 0 saturated heterocycles. The van der Waals surface area contributed by atoms with Crippen LogP contribution in [-0.2, 0) is 4.79 Å². The number of ether oxygens (including phenoxy) is 1. The van der Waals surface area contributed by atoms with Crippen molar-refractivity contribution in [2.75, 3.05) is 11.9 Å². The fourth-order valence-electron chi connectivity index (χ4n) is 2.51. The molecule has 0 atom stereocenters. The second kappa shape index (κ2) is 7.88. The number of halogens is 2. The first kappa shape index (κ1) is 18.3. The molecule has 0 radical (unpaired) electrons. The lowest BCUT2D eigenvalue weighted by atomic mass is 10.2. The average Bonchev–Trinajstić information content (AvgIpc) is 3.13. The van der Waals surface area contributed by atoms with Crippen LogP contribution in [0.5, 0.6) is 5.75 Å². The Morgan fingerprint density at radius 3 is 2.71 bits per heavy atom. The second-order valence-electron chi connectivity index (χ2n) is 5.83.